The second-order valence-electron chi connectivity index (χ2n) is 11.0. The maximum Gasteiger partial charge on any atom is 0.326 e. The number of hydrogen-bond donors (Lipinski definition) is 6. The number of aromatic hydroxyl groups is 2. The Labute approximate surface area is 419 Å². The highest BCUT2D eigenvalue weighted by Gasteiger charge is 2.22. The minimum atomic E-state index is -1.08. The van der Waals surface area contributed by atoms with Crippen LogP contribution in [0.4, 0.5) is 0 Å². The maximum absolute atomic E-state index is 11.3. The van der Waals surface area contributed by atoms with Crippen LogP contribution in [0.3, 0.4) is 0 Å². The van der Waals surface area contributed by atoms with Gasteiger partial charge in [-0.1, -0.05) is 0 Å². The Morgan fingerprint density at radius 3 is 1.00 bits per heavy atom. The van der Waals surface area contributed by atoms with Crippen molar-refractivity contribution >= 4 is 204 Å². The normalized spacial score (nSPS) is 11.7. The smallest absolute Gasteiger partial charge is 0.326 e. The molecule has 0 fully saturated rings. The van der Waals surface area contributed by atoms with Gasteiger partial charge in [-0.3, -0.25) is 9.59 Å². The van der Waals surface area contributed by atoms with E-state index >= 15 is 0 Å². The fourth-order valence-electron chi connectivity index (χ4n) is 4.46. The molecule has 2 atom stereocenters. The highest BCUT2D eigenvalue weighted by molar-refractivity contribution is 14.1. The zero-order chi connectivity index (χ0) is 40.6. The first-order valence-electron chi connectivity index (χ1n) is 14.8. The van der Waals surface area contributed by atoms with Crippen LogP contribution < -0.4 is 20.1 Å². The summed E-state index contributed by atoms with van der Waals surface area (Å²) >= 11 is 16.7. The number of rotatable bonds is 12. The summed E-state index contributed by atoms with van der Waals surface area (Å²) in [7, 11) is 0. The molecule has 0 saturated heterocycles. The molecule has 0 aliphatic carbocycles. The lowest BCUT2D eigenvalue weighted by Crippen LogP contribution is -2.41. The molecule has 0 aromatic heterocycles. The molecule has 0 heterocycles. The highest BCUT2D eigenvalue weighted by atomic mass is 127. The maximum atomic E-state index is 11.3. The van der Waals surface area contributed by atoms with Gasteiger partial charge in [0.25, 0.3) is 0 Å². The molecule has 0 saturated carbocycles. The lowest BCUT2D eigenvalue weighted by atomic mass is 10.1. The number of nitrogens with one attached hydrogen (secondary N) is 2. The molecular weight excluding hydrogens is 1610 g/mol. The number of carboxylic acids is 2. The summed E-state index contributed by atoms with van der Waals surface area (Å²) < 4.78 is 18.1. The number of benzene rings is 4. The Kier molecular flexibility index (Phi) is 19.8. The minimum absolute atomic E-state index is 0.177. The minimum Gasteiger partial charge on any atom is -0.506 e. The molecule has 12 nitrogen and oxygen atoms in total. The molecule has 288 valence electrons. The lowest BCUT2D eigenvalue weighted by molar-refractivity contribution is -0.141. The predicted octanol–water partition coefficient (Wildman–Crippen LogP) is 9.47. The van der Waals surface area contributed by atoms with E-state index in [1.807, 2.05) is 115 Å². The van der Waals surface area contributed by atoms with Crippen LogP contribution in [0.25, 0.3) is 0 Å². The molecule has 0 aliphatic heterocycles. The molecular formula is C34H26I8N2O10. The van der Waals surface area contributed by atoms with E-state index in [-0.39, 0.29) is 36.2 Å². The quantitative estimate of drug-likeness (QED) is 0.0745. The monoisotopic (exact) mass is 1640 g/mol. The molecule has 4 aromatic rings. The summed E-state index contributed by atoms with van der Waals surface area (Å²) in [6, 6.07) is 12.4. The predicted molar refractivity (Wildman–Crippen MR) is 269 cm³/mol. The van der Waals surface area contributed by atoms with Crippen LogP contribution in [-0.2, 0) is 32.0 Å². The summed E-state index contributed by atoms with van der Waals surface area (Å²) in [6.45, 7) is 2.58. The van der Waals surface area contributed by atoms with Crippen LogP contribution in [0.15, 0.2) is 48.5 Å². The van der Waals surface area contributed by atoms with Crippen LogP contribution in [0, 0.1) is 28.6 Å². The third kappa shape index (κ3) is 14.6. The Bertz CT molecular complexity index is 1860. The van der Waals surface area contributed by atoms with E-state index in [9.17, 15) is 39.6 Å². The molecule has 4 aromatic carbocycles. The number of halogens is 8. The second kappa shape index (κ2) is 22.2. The van der Waals surface area contributed by atoms with Crippen molar-refractivity contribution in [1.82, 2.24) is 10.6 Å². The van der Waals surface area contributed by atoms with Crippen LogP contribution in [-0.4, -0.2) is 56.3 Å². The van der Waals surface area contributed by atoms with Crippen molar-refractivity contribution in [2.24, 2.45) is 0 Å². The van der Waals surface area contributed by atoms with Gasteiger partial charge in [0, 0.05) is 26.7 Å². The Morgan fingerprint density at radius 1 is 0.519 bits per heavy atom. The third-order valence-electron chi connectivity index (χ3n) is 6.77. The van der Waals surface area contributed by atoms with Gasteiger partial charge in [0.1, 0.15) is 35.1 Å². The van der Waals surface area contributed by atoms with Gasteiger partial charge in [-0.15, -0.1) is 0 Å². The van der Waals surface area contributed by atoms with E-state index in [2.05, 4.69) is 101 Å². The molecule has 6 N–H and O–H groups in total. The van der Waals surface area contributed by atoms with Crippen molar-refractivity contribution in [1.29, 1.82) is 0 Å². The number of phenols is 2. The fraction of sp³-hybridized carbons (Fsp3) is 0.176. The number of carbonyl (C=O) groups is 4. The lowest BCUT2D eigenvalue weighted by Gasteiger charge is -2.16. The molecule has 0 unspecified atom stereocenters. The number of phenolic OH excluding ortho intramolecular Hbond substituents is 2. The highest BCUT2D eigenvalue weighted by Crippen LogP contribution is 2.38. The Hall–Kier alpha value is -0.200. The number of amides is 2. The second-order valence-corrected chi connectivity index (χ2v) is 20.3. The standard InChI is InChI=1S/2C17H13I4NO5/c2*1-7(23)22-14(17(25)26)4-8-2-12(20)16(13(21)3-8)27-9-5-10(18)15(24)11(19)6-9/h2*2-3,5-6,14,24H,4H2,1H3,(H,22,23)(H,25,26)/t2*14-/m00/s1. The van der Waals surface area contributed by atoms with E-state index in [4.69, 9.17) is 9.47 Å². The number of aliphatic carboxylic acids is 2. The van der Waals surface area contributed by atoms with Gasteiger partial charge in [0.2, 0.25) is 11.8 Å². The first-order valence-corrected chi connectivity index (χ1v) is 23.5. The zero-order valence-electron chi connectivity index (χ0n) is 27.4. The number of carbonyl (C=O) groups excluding carboxylic acids is 2. The summed E-state index contributed by atoms with van der Waals surface area (Å²) in [5.74, 6) is 0.0343. The molecule has 0 radical (unpaired) electrons. The van der Waals surface area contributed by atoms with Gasteiger partial charge < -0.3 is 40.5 Å². The third-order valence-corrected chi connectivity index (χ3v) is 13.3. The van der Waals surface area contributed by atoms with E-state index in [0.29, 0.717) is 37.3 Å². The molecule has 54 heavy (non-hydrogen) atoms. The van der Waals surface area contributed by atoms with Gasteiger partial charge in [-0.25, -0.2) is 9.59 Å². The van der Waals surface area contributed by atoms with Gasteiger partial charge >= 0.3 is 11.9 Å². The van der Waals surface area contributed by atoms with Crippen LogP contribution in [0.5, 0.6) is 34.5 Å². The Morgan fingerprint density at radius 2 is 0.778 bits per heavy atom. The van der Waals surface area contributed by atoms with E-state index < -0.39 is 24.0 Å². The topological polar surface area (TPSA) is 192 Å². The van der Waals surface area contributed by atoms with Crippen molar-refractivity contribution in [2.75, 3.05) is 0 Å². The average molecular weight is 1640 g/mol. The van der Waals surface area contributed by atoms with Crippen LogP contribution >= 0.6 is 181 Å². The molecule has 0 aliphatic rings. The Balaban J connectivity index is 0.000000290. The molecule has 2 amide bonds. The summed E-state index contributed by atoms with van der Waals surface area (Å²) in [5, 5.41) is 43.2. The SMILES string of the molecule is CC(=O)N[C@@H](Cc1cc(I)c(Oc2cc(I)c(O)c(I)c2)c(I)c1)C(=O)O.CC(=O)N[C@@H](Cc1cc(I)c(Oc2cc(I)c(O)c(I)c2)c(I)c1)C(=O)O. The number of hydrogen-bond acceptors (Lipinski definition) is 8. The van der Waals surface area contributed by atoms with Gasteiger partial charge in [-0.05, 0) is 240 Å². The zero-order valence-corrected chi connectivity index (χ0v) is 44.7. The first kappa shape index (κ1) is 48.2. The first-order chi connectivity index (χ1) is 25.2. The fourth-order valence-corrected chi connectivity index (χ4v) is 12.1. The van der Waals surface area contributed by atoms with Crippen molar-refractivity contribution in [3.05, 3.63) is 88.2 Å². The van der Waals surface area contributed by atoms with E-state index in [1.54, 1.807) is 24.3 Å². The molecule has 20 heteroatoms. The van der Waals surface area contributed by atoms with Gasteiger partial charge in [-0.2, -0.15) is 0 Å². The van der Waals surface area contributed by atoms with Crippen molar-refractivity contribution < 1.29 is 49.1 Å². The average Bonchev–Trinajstić information content (AvgIpc) is 3.05. The van der Waals surface area contributed by atoms with Crippen LogP contribution in [0.2, 0.25) is 0 Å². The van der Waals surface area contributed by atoms with Crippen molar-refractivity contribution in [3.8, 4) is 34.5 Å². The molecule has 0 bridgehead atoms. The number of carboxylic acid groups (broad SMARTS) is 2. The van der Waals surface area contributed by atoms with Gasteiger partial charge in [0.15, 0.2) is 11.5 Å². The van der Waals surface area contributed by atoms with Crippen molar-refractivity contribution in [3.63, 3.8) is 0 Å². The summed E-state index contributed by atoms with van der Waals surface area (Å²) in [5.41, 5.74) is 1.57. The molecule has 4 rings (SSSR count). The van der Waals surface area contributed by atoms with Crippen molar-refractivity contribution in [2.45, 2.75) is 38.8 Å². The van der Waals surface area contributed by atoms with E-state index in [0.717, 1.165) is 25.4 Å². The van der Waals surface area contributed by atoms with Gasteiger partial charge in [0.05, 0.1) is 28.6 Å². The summed E-state index contributed by atoms with van der Waals surface area (Å²) in [4.78, 5) is 45.1. The van der Waals surface area contributed by atoms with Crippen LogP contribution in [0.1, 0.15) is 25.0 Å². The largest absolute Gasteiger partial charge is 0.506 e. The number of ether oxygens (including phenoxy) is 2. The van der Waals surface area contributed by atoms with E-state index in [1.165, 1.54) is 13.8 Å². The summed E-state index contributed by atoms with van der Waals surface area (Å²) in [6.07, 6.45) is 0.354. The molecule has 0 spiro atoms.